The number of thiazole rings is 1. The van der Waals surface area contributed by atoms with Crippen molar-refractivity contribution in [3.63, 3.8) is 0 Å². The van der Waals surface area contributed by atoms with E-state index < -0.39 is 5.97 Å². The van der Waals surface area contributed by atoms with Crippen molar-refractivity contribution in [1.82, 2.24) is 9.88 Å². The molecule has 0 amide bonds. The second-order valence-corrected chi connectivity index (χ2v) is 6.46. The zero-order valence-electron chi connectivity index (χ0n) is 12.5. The van der Waals surface area contributed by atoms with Gasteiger partial charge in [0.1, 0.15) is 6.04 Å². The fraction of sp³-hybridized carbons (Fsp3) is 0.375. The number of likely N-dealkylation sites (tertiary alicyclic amines) is 1. The van der Waals surface area contributed by atoms with Crippen LogP contribution in [0, 0.1) is 6.92 Å². The molecule has 0 bridgehead atoms. The van der Waals surface area contributed by atoms with Crippen molar-refractivity contribution in [3.05, 3.63) is 40.9 Å². The topological polar surface area (TPSA) is 65.5 Å². The Morgan fingerprint density at radius 1 is 1.45 bits per heavy atom. The molecule has 22 heavy (non-hydrogen) atoms. The first kappa shape index (κ1) is 15.0. The number of nitrogens with zero attached hydrogens (tertiary/aromatic N) is 2. The molecule has 3 rings (SSSR count). The van der Waals surface area contributed by atoms with Gasteiger partial charge in [0.15, 0.2) is 5.13 Å². The van der Waals surface area contributed by atoms with Crippen LogP contribution in [0.15, 0.2) is 29.6 Å². The number of anilines is 2. The van der Waals surface area contributed by atoms with Gasteiger partial charge >= 0.3 is 5.97 Å². The highest BCUT2D eigenvalue weighted by Crippen LogP contribution is 2.24. The van der Waals surface area contributed by atoms with Crippen LogP contribution in [0.1, 0.15) is 24.1 Å². The van der Waals surface area contributed by atoms with Crippen LogP contribution in [0.3, 0.4) is 0 Å². The molecule has 1 aromatic carbocycles. The Morgan fingerprint density at radius 2 is 2.23 bits per heavy atom. The highest BCUT2D eigenvalue weighted by molar-refractivity contribution is 7.13. The van der Waals surface area contributed by atoms with Crippen molar-refractivity contribution in [2.45, 2.75) is 32.4 Å². The molecule has 0 saturated carbocycles. The third-order valence-electron chi connectivity index (χ3n) is 3.87. The van der Waals surface area contributed by atoms with E-state index in [1.165, 1.54) is 5.56 Å². The second-order valence-electron chi connectivity index (χ2n) is 5.60. The van der Waals surface area contributed by atoms with Crippen LogP contribution in [-0.4, -0.2) is 33.5 Å². The van der Waals surface area contributed by atoms with Crippen molar-refractivity contribution in [2.75, 3.05) is 11.9 Å². The molecule has 6 heteroatoms. The molecular weight excluding hydrogens is 298 g/mol. The summed E-state index contributed by atoms with van der Waals surface area (Å²) in [4.78, 5) is 17.8. The first-order valence-electron chi connectivity index (χ1n) is 7.37. The number of aryl methyl sites for hydroxylation is 1. The molecule has 1 aliphatic heterocycles. The summed E-state index contributed by atoms with van der Waals surface area (Å²) < 4.78 is 0. The normalized spacial score (nSPS) is 18.5. The number of benzene rings is 1. The highest BCUT2D eigenvalue weighted by atomic mass is 32.1. The van der Waals surface area contributed by atoms with Crippen molar-refractivity contribution >= 4 is 28.1 Å². The number of hydrogen-bond donors (Lipinski definition) is 2. The van der Waals surface area contributed by atoms with E-state index in [1.807, 2.05) is 22.4 Å². The van der Waals surface area contributed by atoms with Gasteiger partial charge in [-0.3, -0.25) is 9.69 Å². The Bertz CT molecular complexity index is 654. The van der Waals surface area contributed by atoms with E-state index in [0.29, 0.717) is 6.54 Å². The van der Waals surface area contributed by atoms with Crippen molar-refractivity contribution in [3.8, 4) is 0 Å². The lowest BCUT2D eigenvalue weighted by molar-refractivity contribution is -0.142. The van der Waals surface area contributed by atoms with Gasteiger partial charge < -0.3 is 10.4 Å². The molecular formula is C16H19N3O2S. The van der Waals surface area contributed by atoms with Gasteiger partial charge in [0.25, 0.3) is 0 Å². The van der Waals surface area contributed by atoms with E-state index in [4.69, 9.17) is 0 Å². The van der Waals surface area contributed by atoms with Crippen molar-refractivity contribution in [2.24, 2.45) is 0 Å². The minimum atomic E-state index is -0.731. The predicted molar refractivity (Wildman–Crippen MR) is 87.6 cm³/mol. The van der Waals surface area contributed by atoms with Crippen LogP contribution in [0.5, 0.6) is 0 Å². The van der Waals surface area contributed by atoms with Crippen LogP contribution in [0.4, 0.5) is 10.8 Å². The van der Waals surface area contributed by atoms with Gasteiger partial charge in [-0.05, 0) is 38.4 Å². The summed E-state index contributed by atoms with van der Waals surface area (Å²) >= 11 is 1.55. The Labute approximate surface area is 133 Å². The summed E-state index contributed by atoms with van der Waals surface area (Å²) in [7, 11) is 0. The van der Waals surface area contributed by atoms with Crippen molar-refractivity contribution < 1.29 is 9.90 Å². The first-order chi connectivity index (χ1) is 10.6. The monoisotopic (exact) mass is 317 g/mol. The van der Waals surface area contributed by atoms with E-state index in [1.54, 1.807) is 11.3 Å². The lowest BCUT2D eigenvalue weighted by atomic mass is 10.2. The molecule has 2 N–H and O–H groups in total. The van der Waals surface area contributed by atoms with Gasteiger partial charge in [-0.25, -0.2) is 4.98 Å². The maximum Gasteiger partial charge on any atom is 0.320 e. The molecule has 1 aliphatic rings. The number of carboxylic acid groups (broad SMARTS) is 1. The Balaban J connectivity index is 1.63. The van der Waals surface area contributed by atoms with E-state index in [0.717, 1.165) is 35.9 Å². The van der Waals surface area contributed by atoms with E-state index in [-0.39, 0.29) is 6.04 Å². The average Bonchev–Trinajstić information content (AvgIpc) is 3.11. The predicted octanol–water partition coefficient (Wildman–Crippen LogP) is 3.24. The zero-order valence-corrected chi connectivity index (χ0v) is 13.3. The zero-order chi connectivity index (χ0) is 15.5. The molecule has 0 unspecified atom stereocenters. The molecule has 2 aromatic rings. The molecule has 2 heterocycles. The minimum absolute atomic E-state index is 0.366. The Morgan fingerprint density at radius 3 is 2.95 bits per heavy atom. The number of carbonyl (C=O) groups is 1. The number of nitrogens with one attached hydrogen (secondary N) is 1. The summed E-state index contributed by atoms with van der Waals surface area (Å²) in [6.45, 7) is 3.48. The lowest BCUT2D eigenvalue weighted by Gasteiger charge is -2.19. The fourth-order valence-corrected chi connectivity index (χ4v) is 3.42. The van der Waals surface area contributed by atoms with Gasteiger partial charge in [-0.2, -0.15) is 0 Å². The number of aromatic nitrogens is 1. The van der Waals surface area contributed by atoms with Gasteiger partial charge in [0.05, 0.1) is 5.69 Å². The number of rotatable bonds is 5. The molecule has 1 fully saturated rings. The molecule has 116 valence electrons. The van der Waals surface area contributed by atoms with Crippen LogP contribution in [0.25, 0.3) is 0 Å². The van der Waals surface area contributed by atoms with Crippen molar-refractivity contribution in [1.29, 1.82) is 0 Å². The number of aliphatic carboxylic acids is 1. The largest absolute Gasteiger partial charge is 0.480 e. The smallest absolute Gasteiger partial charge is 0.320 e. The fourth-order valence-electron chi connectivity index (χ4n) is 2.70. The standard InChI is InChI=1S/C16H19N3O2S/c1-11-4-6-12(7-5-11)17-16-18-13(10-22-16)9-19-8-2-3-14(19)15(20)21/h4-7,10,14H,2-3,8-9H2,1H3,(H,17,18)(H,20,21)/t14-/m1/s1. The lowest BCUT2D eigenvalue weighted by Crippen LogP contribution is -2.35. The summed E-state index contributed by atoms with van der Waals surface area (Å²) in [5, 5.41) is 15.3. The molecule has 0 aliphatic carbocycles. The second kappa shape index (κ2) is 6.46. The van der Waals surface area contributed by atoms with Gasteiger partial charge in [0.2, 0.25) is 0 Å². The minimum Gasteiger partial charge on any atom is -0.480 e. The van der Waals surface area contributed by atoms with E-state index in [9.17, 15) is 9.90 Å². The van der Waals surface area contributed by atoms with Crippen LogP contribution in [0.2, 0.25) is 0 Å². The summed E-state index contributed by atoms with van der Waals surface area (Å²) in [6.07, 6.45) is 1.67. The maximum absolute atomic E-state index is 11.2. The third kappa shape index (κ3) is 3.45. The first-order valence-corrected chi connectivity index (χ1v) is 8.25. The highest BCUT2D eigenvalue weighted by Gasteiger charge is 2.30. The van der Waals surface area contributed by atoms with Gasteiger partial charge in [-0.1, -0.05) is 17.7 Å². The number of carboxylic acids is 1. The number of hydrogen-bond acceptors (Lipinski definition) is 5. The van der Waals surface area contributed by atoms with Crippen LogP contribution >= 0.6 is 11.3 Å². The van der Waals surface area contributed by atoms with Gasteiger partial charge in [-0.15, -0.1) is 11.3 Å². The quantitative estimate of drug-likeness (QED) is 0.886. The molecule has 5 nitrogen and oxygen atoms in total. The maximum atomic E-state index is 11.2. The molecule has 1 aromatic heterocycles. The summed E-state index contributed by atoms with van der Waals surface area (Å²) in [5.74, 6) is -0.731. The summed E-state index contributed by atoms with van der Waals surface area (Å²) in [5.41, 5.74) is 3.16. The van der Waals surface area contributed by atoms with E-state index in [2.05, 4.69) is 29.4 Å². The van der Waals surface area contributed by atoms with Crippen LogP contribution < -0.4 is 5.32 Å². The SMILES string of the molecule is Cc1ccc(Nc2nc(CN3CCC[C@@H]3C(=O)O)cs2)cc1. The average molecular weight is 317 g/mol. The molecule has 1 atom stereocenters. The van der Waals surface area contributed by atoms with Crippen LogP contribution in [-0.2, 0) is 11.3 Å². The Kier molecular flexibility index (Phi) is 4.40. The molecule has 0 radical (unpaired) electrons. The molecule has 1 saturated heterocycles. The van der Waals surface area contributed by atoms with E-state index >= 15 is 0 Å². The third-order valence-corrected chi connectivity index (χ3v) is 4.67. The Hall–Kier alpha value is -1.92. The molecule has 0 spiro atoms. The van der Waals surface area contributed by atoms with Gasteiger partial charge in [0, 0.05) is 17.6 Å². The summed E-state index contributed by atoms with van der Waals surface area (Å²) in [6, 6.07) is 7.79.